The zero-order valence-corrected chi connectivity index (χ0v) is 13.9. The van der Waals surface area contributed by atoms with Gasteiger partial charge in [0, 0.05) is 17.1 Å². The van der Waals surface area contributed by atoms with Crippen molar-refractivity contribution in [1.82, 2.24) is 4.98 Å². The topological polar surface area (TPSA) is 68.3 Å². The first-order chi connectivity index (χ1) is 11.1. The third kappa shape index (κ3) is 5.67. The van der Waals surface area contributed by atoms with Crippen molar-refractivity contribution < 1.29 is 14.3 Å². The van der Waals surface area contributed by atoms with E-state index < -0.39 is 0 Å². The van der Waals surface area contributed by atoms with Crippen LogP contribution in [0.1, 0.15) is 23.2 Å². The first kappa shape index (κ1) is 16.9. The SMILES string of the molecule is CCOC(=O)/C=C/c1ccc(NC(=O)Cc2csc(C)n2)cc1. The van der Waals surface area contributed by atoms with Gasteiger partial charge in [-0.15, -0.1) is 11.3 Å². The van der Waals surface area contributed by atoms with Crippen molar-refractivity contribution in [3.63, 3.8) is 0 Å². The number of hydrogen-bond acceptors (Lipinski definition) is 5. The van der Waals surface area contributed by atoms with Gasteiger partial charge in [0.1, 0.15) is 0 Å². The number of nitrogens with one attached hydrogen (secondary N) is 1. The number of carbonyl (C=O) groups is 2. The lowest BCUT2D eigenvalue weighted by Crippen LogP contribution is -2.14. The van der Waals surface area contributed by atoms with Crippen molar-refractivity contribution in [2.45, 2.75) is 20.3 Å². The molecule has 0 bridgehead atoms. The summed E-state index contributed by atoms with van der Waals surface area (Å²) in [6.07, 6.45) is 3.30. The molecule has 0 atom stereocenters. The Bertz CT molecular complexity index is 705. The van der Waals surface area contributed by atoms with E-state index in [2.05, 4.69) is 10.3 Å². The third-order valence-electron chi connectivity index (χ3n) is 2.90. The van der Waals surface area contributed by atoms with Gasteiger partial charge < -0.3 is 10.1 Å². The summed E-state index contributed by atoms with van der Waals surface area (Å²) >= 11 is 1.53. The summed E-state index contributed by atoms with van der Waals surface area (Å²) in [5.74, 6) is -0.478. The van der Waals surface area contributed by atoms with E-state index in [-0.39, 0.29) is 18.3 Å². The Labute approximate surface area is 139 Å². The number of anilines is 1. The smallest absolute Gasteiger partial charge is 0.330 e. The normalized spacial score (nSPS) is 10.7. The minimum absolute atomic E-state index is 0.106. The Hall–Kier alpha value is -2.47. The number of aryl methyl sites for hydroxylation is 1. The molecule has 0 spiro atoms. The number of rotatable bonds is 6. The highest BCUT2D eigenvalue weighted by Gasteiger charge is 2.06. The van der Waals surface area contributed by atoms with Crippen molar-refractivity contribution in [2.75, 3.05) is 11.9 Å². The van der Waals surface area contributed by atoms with Crippen LogP contribution in [0.5, 0.6) is 0 Å². The molecule has 1 aromatic heterocycles. The van der Waals surface area contributed by atoms with E-state index in [1.54, 1.807) is 25.1 Å². The highest BCUT2D eigenvalue weighted by molar-refractivity contribution is 7.09. The van der Waals surface area contributed by atoms with Gasteiger partial charge in [-0.3, -0.25) is 4.79 Å². The van der Waals surface area contributed by atoms with E-state index in [1.165, 1.54) is 17.4 Å². The molecule has 1 aromatic carbocycles. The minimum Gasteiger partial charge on any atom is -0.463 e. The quantitative estimate of drug-likeness (QED) is 0.652. The molecule has 0 unspecified atom stereocenters. The molecule has 2 aromatic rings. The highest BCUT2D eigenvalue weighted by Crippen LogP contribution is 2.13. The molecular formula is C17H18N2O3S. The van der Waals surface area contributed by atoms with Crippen molar-refractivity contribution in [3.05, 3.63) is 52.0 Å². The molecule has 0 saturated carbocycles. The molecule has 2 rings (SSSR count). The van der Waals surface area contributed by atoms with Crippen LogP contribution in [0.2, 0.25) is 0 Å². The van der Waals surface area contributed by atoms with Crippen LogP contribution in [0.3, 0.4) is 0 Å². The Kier molecular flexibility index (Phi) is 6.05. The predicted molar refractivity (Wildman–Crippen MR) is 91.3 cm³/mol. The first-order valence-electron chi connectivity index (χ1n) is 7.22. The number of amides is 1. The second-order valence-corrected chi connectivity index (χ2v) is 5.85. The zero-order valence-electron chi connectivity index (χ0n) is 13.0. The van der Waals surface area contributed by atoms with Crippen LogP contribution < -0.4 is 5.32 Å². The molecule has 0 aliphatic heterocycles. The van der Waals surface area contributed by atoms with Gasteiger partial charge in [-0.05, 0) is 37.6 Å². The van der Waals surface area contributed by atoms with Gasteiger partial charge in [0.15, 0.2) is 0 Å². The summed E-state index contributed by atoms with van der Waals surface area (Å²) in [6, 6.07) is 7.21. The van der Waals surface area contributed by atoms with Crippen LogP contribution in [0.4, 0.5) is 5.69 Å². The highest BCUT2D eigenvalue weighted by atomic mass is 32.1. The molecule has 5 nitrogen and oxygen atoms in total. The van der Waals surface area contributed by atoms with Crippen LogP contribution in [0.25, 0.3) is 6.08 Å². The Morgan fingerprint density at radius 1 is 1.30 bits per heavy atom. The molecule has 0 saturated heterocycles. The van der Waals surface area contributed by atoms with Gasteiger partial charge in [-0.25, -0.2) is 9.78 Å². The fourth-order valence-corrected chi connectivity index (χ4v) is 2.50. The van der Waals surface area contributed by atoms with Crippen LogP contribution in [-0.4, -0.2) is 23.5 Å². The molecule has 120 valence electrons. The molecule has 1 amide bonds. The standard InChI is InChI=1S/C17H18N2O3S/c1-3-22-17(21)9-6-13-4-7-14(8-5-13)19-16(20)10-15-11-23-12(2)18-15/h4-9,11H,3,10H2,1-2H3,(H,19,20)/b9-6+. The Balaban J connectivity index is 1.89. The summed E-state index contributed by atoms with van der Waals surface area (Å²) in [7, 11) is 0. The lowest BCUT2D eigenvalue weighted by molar-refractivity contribution is -0.137. The first-order valence-corrected chi connectivity index (χ1v) is 8.10. The maximum Gasteiger partial charge on any atom is 0.330 e. The number of ether oxygens (including phenoxy) is 1. The average Bonchev–Trinajstić information content (AvgIpc) is 2.92. The van der Waals surface area contributed by atoms with E-state index >= 15 is 0 Å². The lowest BCUT2D eigenvalue weighted by Gasteiger charge is -2.04. The molecule has 1 N–H and O–H groups in total. The molecular weight excluding hydrogens is 312 g/mol. The number of carbonyl (C=O) groups excluding carboxylic acids is 2. The number of benzene rings is 1. The molecule has 1 heterocycles. The summed E-state index contributed by atoms with van der Waals surface area (Å²) in [6.45, 7) is 4.03. The molecule has 6 heteroatoms. The number of hydrogen-bond donors (Lipinski definition) is 1. The molecule has 0 aliphatic rings. The van der Waals surface area contributed by atoms with Gasteiger partial charge in [-0.1, -0.05) is 12.1 Å². The second kappa shape index (κ2) is 8.24. The van der Waals surface area contributed by atoms with Crippen LogP contribution >= 0.6 is 11.3 Å². The second-order valence-electron chi connectivity index (χ2n) is 4.79. The predicted octanol–water partition coefficient (Wildman–Crippen LogP) is 3.21. The van der Waals surface area contributed by atoms with Crippen molar-refractivity contribution in [2.24, 2.45) is 0 Å². The molecule has 0 aliphatic carbocycles. The van der Waals surface area contributed by atoms with E-state index in [0.717, 1.165) is 16.3 Å². The lowest BCUT2D eigenvalue weighted by atomic mass is 10.2. The largest absolute Gasteiger partial charge is 0.463 e. The number of esters is 1. The maximum absolute atomic E-state index is 11.9. The van der Waals surface area contributed by atoms with E-state index in [4.69, 9.17) is 4.74 Å². The molecule has 0 radical (unpaired) electrons. The van der Waals surface area contributed by atoms with Crippen LogP contribution in [0, 0.1) is 6.92 Å². The molecule has 0 fully saturated rings. The zero-order chi connectivity index (χ0) is 16.7. The van der Waals surface area contributed by atoms with E-state index in [0.29, 0.717) is 12.3 Å². The maximum atomic E-state index is 11.9. The summed E-state index contributed by atoms with van der Waals surface area (Å²) in [5, 5.41) is 5.66. The fourth-order valence-electron chi connectivity index (χ4n) is 1.89. The van der Waals surface area contributed by atoms with Gasteiger partial charge in [0.05, 0.1) is 23.7 Å². The van der Waals surface area contributed by atoms with Crippen molar-refractivity contribution >= 4 is 35.0 Å². The minimum atomic E-state index is -0.372. The van der Waals surface area contributed by atoms with Crippen molar-refractivity contribution in [1.29, 1.82) is 0 Å². The van der Waals surface area contributed by atoms with E-state index in [9.17, 15) is 9.59 Å². The van der Waals surface area contributed by atoms with Gasteiger partial charge in [0.25, 0.3) is 0 Å². The summed E-state index contributed by atoms with van der Waals surface area (Å²) in [5.41, 5.74) is 2.33. The van der Waals surface area contributed by atoms with Crippen LogP contribution in [-0.2, 0) is 20.7 Å². The fraction of sp³-hybridized carbons (Fsp3) is 0.235. The number of aromatic nitrogens is 1. The summed E-state index contributed by atoms with van der Waals surface area (Å²) < 4.78 is 4.81. The summed E-state index contributed by atoms with van der Waals surface area (Å²) in [4.78, 5) is 27.4. The van der Waals surface area contributed by atoms with Gasteiger partial charge >= 0.3 is 5.97 Å². The number of thiazole rings is 1. The van der Waals surface area contributed by atoms with Gasteiger partial charge in [-0.2, -0.15) is 0 Å². The van der Waals surface area contributed by atoms with Gasteiger partial charge in [0.2, 0.25) is 5.91 Å². The van der Waals surface area contributed by atoms with E-state index in [1.807, 2.05) is 24.4 Å². The van der Waals surface area contributed by atoms with Crippen LogP contribution in [0.15, 0.2) is 35.7 Å². The Morgan fingerprint density at radius 2 is 2.04 bits per heavy atom. The monoisotopic (exact) mass is 330 g/mol. The van der Waals surface area contributed by atoms with Crippen molar-refractivity contribution in [3.8, 4) is 0 Å². The Morgan fingerprint density at radius 3 is 2.65 bits per heavy atom. The molecule has 23 heavy (non-hydrogen) atoms. The number of nitrogens with zero attached hydrogens (tertiary/aromatic N) is 1. The third-order valence-corrected chi connectivity index (χ3v) is 3.72. The average molecular weight is 330 g/mol.